The van der Waals surface area contributed by atoms with Gasteiger partial charge in [0.15, 0.2) is 0 Å². The van der Waals surface area contributed by atoms with Crippen molar-refractivity contribution in [2.24, 2.45) is 11.8 Å². The lowest BCUT2D eigenvalue weighted by molar-refractivity contribution is -0.540. The van der Waals surface area contributed by atoms with E-state index < -0.39 is 0 Å². The van der Waals surface area contributed by atoms with Crippen LogP contribution in [0.1, 0.15) is 32.1 Å². The SMILES string of the molecule is O=[N+]([O-])C1CC2CCC1CC2. The van der Waals surface area contributed by atoms with Crippen LogP contribution in [0.5, 0.6) is 0 Å². The zero-order valence-corrected chi connectivity index (χ0v) is 6.53. The summed E-state index contributed by atoms with van der Waals surface area (Å²) in [7, 11) is 0. The molecule has 3 heteroatoms. The maximum absolute atomic E-state index is 10.5. The van der Waals surface area contributed by atoms with E-state index in [9.17, 15) is 10.1 Å². The number of rotatable bonds is 1. The van der Waals surface area contributed by atoms with Crippen LogP contribution < -0.4 is 0 Å². The van der Waals surface area contributed by atoms with Crippen LogP contribution in [-0.4, -0.2) is 11.0 Å². The highest BCUT2D eigenvalue weighted by Gasteiger charge is 2.42. The molecule has 3 saturated carbocycles. The maximum atomic E-state index is 10.5. The highest BCUT2D eigenvalue weighted by Crippen LogP contribution is 2.42. The minimum Gasteiger partial charge on any atom is -0.264 e. The van der Waals surface area contributed by atoms with Crippen LogP contribution >= 0.6 is 0 Å². The van der Waals surface area contributed by atoms with E-state index in [-0.39, 0.29) is 11.0 Å². The quantitative estimate of drug-likeness (QED) is 0.428. The van der Waals surface area contributed by atoms with Gasteiger partial charge in [-0.2, -0.15) is 0 Å². The van der Waals surface area contributed by atoms with Gasteiger partial charge in [-0.3, -0.25) is 10.1 Å². The van der Waals surface area contributed by atoms with Gasteiger partial charge < -0.3 is 0 Å². The molecule has 3 nitrogen and oxygen atoms in total. The average molecular weight is 155 g/mol. The minimum atomic E-state index is -0.192. The number of hydrogen-bond donors (Lipinski definition) is 0. The lowest BCUT2D eigenvalue weighted by atomic mass is 9.68. The molecule has 1 unspecified atom stereocenters. The first-order valence-corrected chi connectivity index (χ1v) is 4.41. The Balaban J connectivity index is 2.08. The fourth-order valence-corrected chi connectivity index (χ4v) is 2.60. The number of hydrogen-bond acceptors (Lipinski definition) is 2. The van der Waals surface area contributed by atoms with E-state index in [1.54, 1.807) is 0 Å². The summed E-state index contributed by atoms with van der Waals surface area (Å²) in [6.07, 6.45) is 5.56. The summed E-state index contributed by atoms with van der Waals surface area (Å²) in [6.45, 7) is 0. The molecule has 3 rings (SSSR count). The molecule has 2 bridgehead atoms. The van der Waals surface area contributed by atoms with Gasteiger partial charge in [0.1, 0.15) is 0 Å². The summed E-state index contributed by atoms with van der Waals surface area (Å²) in [6, 6.07) is -0.192. The molecule has 0 N–H and O–H groups in total. The Kier molecular flexibility index (Phi) is 1.59. The lowest BCUT2D eigenvalue weighted by Gasteiger charge is -2.37. The topological polar surface area (TPSA) is 43.1 Å². The van der Waals surface area contributed by atoms with Gasteiger partial charge in [0, 0.05) is 17.3 Å². The molecule has 3 aliphatic carbocycles. The van der Waals surface area contributed by atoms with E-state index in [0.717, 1.165) is 19.3 Å². The first-order chi connectivity index (χ1) is 5.27. The fraction of sp³-hybridized carbons (Fsp3) is 1.00. The predicted molar refractivity (Wildman–Crippen MR) is 40.8 cm³/mol. The smallest absolute Gasteiger partial charge is 0.216 e. The second kappa shape index (κ2) is 2.47. The Morgan fingerprint density at radius 2 is 1.82 bits per heavy atom. The van der Waals surface area contributed by atoms with Crippen molar-refractivity contribution >= 4 is 0 Å². The average Bonchev–Trinajstić information content (AvgIpc) is 2.06. The van der Waals surface area contributed by atoms with Crippen LogP contribution in [0.3, 0.4) is 0 Å². The highest BCUT2D eigenvalue weighted by molar-refractivity contribution is 4.86. The van der Waals surface area contributed by atoms with E-state index >= 15 is 0 Å². The molecule has 0 heterocycles. The number of nitrogens with zero attached hydrogens (tertiary/aromatic N) is 1. The van der Waals surface area contributed by atoms with E-state index in [2.05, 4.69) is 0 Å². The summed E-state index contributed by atoms with van der Waals surface area (Å²) >= 11 is 0. The lowest BCUT2D eigenvalue weighted by Crippen LogP contribution is -2.40. The summed E-state index contributed by atoms with van der Waals surface area (Å²) in [4.78, 5) is 10.5. The van der Waals surface area contributed by atoms with Crippen molar-refractivity contribution in [1.82, 2.24) is 0 Å². The summed E-state index contributed by atoms with van der Waals surface area (Å²) in [5.74, 6) is 1.09. The molecule has 0 aromatic heterocycles. The van der Waals surface area contributed by atoms with Gasteiger partial charge >= 0.3 is 0 Å². The van der Waals surface area contributed by atoms with Crippen LogP contribution in [0.2, 0.25) is 0 Å². The van der Waals surface area contributed by atoms with Crippen molar-refractivity contribution in [1.29, 1.82) is 0 Å². The predicted octanol–water partition coefficient (Wildman–Crippen LogP) is 1.84. The fourth-order valence-electron chi connectivity index (χ4n) is 2.60. The second-order valence-electron chi connectivity index (χ2n) is 3.87. The molecule has 11 heavy (non-hydrogen) atoms. The molecular weight excluding hydrogens is 142 g/mol. The van der Waals surface area contributed by atoms with Crippen LogP contribution in [0.25, 0.3) is 0 Å². The highest BCUT2D eigenvalue weighted by atomic mass is 16.6. The molecule has 0 aliphatic heterocycles. The molecule has 0 saturated heterocycles. The molecule has 0 amide bonds. The van der Waals surface area contributed by atoms with Gasteiger partial charge in [0.05, 0.1) is 0 Å². The molecule has 1 atom stereocenters. The first-order valence-electron chi connectivity index (χ1n) is 4.41. The Morgan fingerprint density at radius 1 is 1.18 bits per heavy atom. The molecule has 0 aromatic rings. The Labute approximate surface area is 65.9 Å². The summed E-state index contributed by atoms with van der Waals surface area (Å²) in [5.41, 5.74) is 0. The third-order valence-corrected chi connectivity index (χ3v) is 3.28. The zero-order chi connectivity index (χ0) is 7.84. The third-order valence-electron chi connectivity index (χ3n) is 3.28. The van der Waals surface area contributed by atoms with Gasteiger partial charge in [-0.1, -0.05) is 0 Å². The van der Waals surface area contributed by atoms with E-state index in [4.69, 9.17) is 0 Å². The normalized spacial score (nSPS) is 42.4. The largest absolute Gasteiger partial charge is 0.264 e. The number of nitro groups is 1. The van der Waals surface area contributed by atoms with Crippen molar-refractivity contribution < 1.29 is 4.92 Å². The van der Waals surface area contributed by atoms with Gasteiger partial charge in [-0.25, -0.2) is 0 Å². The van der Waals surface area contributed by atoms with Crippen molar-refractivity contribution in [2.45, 2.75) is 38.1 Å². The van der Waals surface area contributed by atoms with Crippen molar-refractivity contribution in [2.75, 3.05) is 0 Å². The monoisotopic (exact) mass is 155 g/mol. The second-order valence-corrected chi connectivity index (χ2v) is 3.87. The maximum Gasteiger partial charge on any atom is 0.216 e. The summed E-state index contributed by atoms with van der Waals surface area (Å²) < 4.78 is 0. The number of fused-ring (bicyclic) bond motifs is 3. The standard InChI is InChI=1S/C8H13NO2/c10-9(11)8-5-6-1-3-7(8)4-2-6/h6-8H,1-5H2. The molecule has 0 radical (unpaired) electrons. The Morgan fingerprint density at radius 3 is 2.09 bits per heavy atom. The molecule has 3 aliphatic rings. The van der Waals surface area contributed by atoms with Crippen molar-refractivity contribution in [3.63, 3.8) is 0 Å². The van der Waals surface area contributed by atoms with Gasteiger partial charge in [-0.15, -0.1) is 0 Å². The Bertz CT molecular complexity index is 173. The van der Waals surface area contributed by atoms with Crippen LogP contribution in [0.15, 0.2) is 0 Å². The molecule has 62 valence electrons. The molecule has 0 aromatic carbocycles. The zero-order valence-electron chi connectivity index (χ0n) is 6.53. The van der Waals surface area contributed by atoms with Crippen LogP contribution in [0.4, 0.5) is 0 Å². The van der Waals surface area contributed by atoms with E-state index in [0.29, 0.717) is 11.8 Å². The molecular formula is C8H13NO2. The van der Waals surface area contributed by atoms with Crippen LogP contribution in [-0.2, 0) is 0 Å². The van der Waals surface area contributed by atoms with Gasteiger partial charge in [0.25, 0.3) is 0 Å². The van der Waals surface area contributed by atoms with E-state index in [1.807, 2.05) is 0 Å². The van der Waals surface area contributed by atoms with E-state index in [1.165, 1.54) is 12.8 Å². The molecule has 0 spiro atoms. The first kappa shape index (κ1) is 7.07. The molecule has 3 fully saturated rings. The van der Waals surface area contributed by atoms with Gasteiger partial charge in [0.2, 0.25) is 6.04 Å². The van der Waals surface area contributed by atoms with Crippen molar-refractivity contribution in [3.05, 3.63) is 10.1 Å². The third kappa shape index (κ3) is 1.12. The van der Waals surface area contributed by atoms with Crippen molar-refractivity contribution in [3.8, 4) is 0 Å². The van der Waals surface area contributed by atoms with Gasteiger partial charge in [-0.05, 0) is 31.6 Å². The summed E-state index contributed by atoms with van der Waals surface area (Å²) in [5, 5.41) is 10.5. The minimum absolute atomic E-state index is 0.0595. The Hall–Kier alpha value is -0.600. The van der Waals surface area contributed by atoms with Crippen LogP contribution in [0, 0.1) is 22.0 Å².